The van der Waals surface area contributed by atoms with Crippen LogP contribution in [0.4, 0.5) is 19.1 Å². The van der Waals surface area contributed by atoms with Gasteiger partial charge in [-0.1, -0.05) is 0 Å². The van der Waals surface area contributed by atoms with Crippen molar-refractivity contribution in [3.8, 4) is 11.8 Å². The van der Waals surface area contributed by atoms with Crippen molar-refractivity contribution in [1.82, 2.24) is 15.2 Å². The van der Waals surface area contributed by atoms with Crippen LogP contribution in [0.1, 0.15) is 11.4 Å². The minimum absolute atomic E-state index is 0.0204. The zero-order valence-corrected chi connectivity index (χ0v) is 10.6. The lowest BCUT2D eigenvalue weighted by atomic mass is 10.2. The maximum atomic E-state index is 12.0. The number of nitrogens with zero attached hydrogens (tertiary/aromatic N) is 3. The summed E-state index contributed by atoms with van der Waals surface area (Å²) in [6.45, 7) is -1.19. The fourth-order valence-corrected chi connectivity index (χ4v) is 1.40. The smallest absolute Gasteiger partial charge is 0.405 e. The SMILES string of the molecule is N#Cc1ccc(OCc2nc(NCC(F)(F)F)n[nH]2)cc1. The molecule has 0 aliphatic heterocycles. The minimum Gasteiger partial charge on any atom is -0.486 e. The molecule has 110 valence electrons. The average Bonchev–Trinajstić information content (AvgIpc) is 2.91. The van der Waals surface area contributed by atoms with E-state index >= 15 is 0 Å². The molecule has 0 aliphatic carbocycles. The van der Waals surface area contributed by atoms with Crippen LogP contribution in [-0.2, 0) is 6.61 Å². The lowest BCUT2D eigenvalue weighted by molar-refractivity contribution is -0.115. The molecular weight excluding hydrogens is 287 g/mol. The van der Waals surface area contributed by atoms with E-state index in [2.05, 4.69) is 15.2 Å². The van der Waals surface area contributed by atoms with Crippen LogP contribution in [0, 0.1) is 11.3 Å². The number of aromatic amines is 1. The first-order chi connectivity index (χ1) is 9.96. The third-order valence-electron chi connectivity index (χ3n) is 2.34. The number of benzene rings is 1. The molecule has 0 atom stereocenters. The van der Waals surface area contributed by atoms with Gasteiger partial charge >= 0.3 is 6.18 Å². The van der Waals surface area contributed by atoms with Crippen LogP contribution in [0.15, 0.2) is 24.3 Å². The van der Waals surface area contributed by atoms with E-state index in [1.807, 2.05) is 11.4 Å². The number of hydrogen-bond donors (Lipinski definition) is 2. The summed E-state index contributed by atoms with van der Waals surface area (Å²) in [5.41, 5.74) is 0.501. The third kappa shape index (κ3) is 4.68. The normalized spacial score (nSPS) is 11.0. The molecule has 0 aliphatic rings. The number of anilines is 1. The number of alkyl halides is 3. The summed E-state index contributed by atoms with van der Waals surface area (Å²) in [5.74, 6) is 0.644. The van der Waals surface area contributed by atoms with Crippen molar-refractivity contribution in [1.29, 1.82) is 5.26 Å². The van der Waals surface area contributed by atoms with E-state index in [1.165, 1.54) is 0 Å². The Labute approximate surface area is 117 Å². The maximum Gasteiger partial charge on any atom is 0.405 e. The quantitative estimate of drug-likeness (QED) is 0.883. The highest BCUT2D eigenvalue weighted by Gasteiger charge is 2.27. The molecule has 1 aromatic carbocycles. The van der Waals surface area contributed by atoms with Crippen molar-refractivity contribution in [2.45, 2.75) is 12.8 Å². The first-order valence-corrected chi connectivity index (χ1v) is 5.81. The molecule has 0 saturated carbocycles. The number of hydrogen-bond acceptors (Lipinski definition) is 5. The molecule has 6 nitrogen and oxygen atoms in total. The van der Waals surface area contributed by atoms with E-state index < -0.39 is 12.7 Å². The number of nitrogens with one attached hydrogen (secondary N) is 2. The maximum absolute atomic E-state index is 12.0. The Morgan fingerprint density at radius 3 is 2.62 bits per heavy atom. The Morgan fingerprint density at radius 1 is 1.29 bits per heavy atom. The Morgan fingerprint density at radius 2 is 2.00 bits per heavy atom. The second kappa shape index (κ2) is 6.13. The first kappa shape index (κ1) is 14.6. The van der Waals surface area contributed by atoms with E-state index in [1.54, 1.807) is 24.3 Å². The average molecular weight is 297 g/mol. The van der Waals surface area contributed by atoms with Crippen molar-refractivity contribution in [2.75, 3.05) is 11.9 Å². The molecule has 1 heterocycles. The van der Waals surface area contributed by atoms with Crippen LogP contribution in [-0.4, -0.2) is 27.9 Å². The number of nitriles is 1. The third-order valence-corrected chi connectivity index (χ3v) is 2.34. The van der Waals surface area contributed by atoms with Crippen molar-refractivity contribution >= 4 is 5.95 Å². The van der Waals surface area contributed by atoms with Crippen LogP contribution in [0.2, 0.25) is 0 Å². The van der Waals surface area contributed by atoms with Crippen molar-refractivity contribution < 1.29 is 17.9 Å². The molecule has 0 spiro atoms. The second-order valence-electron chi connectivity index (χ2n) is 4.00. The topological polar surface area (TPSA) is 86.6 Å². The monoisotopic (exact) mass is 297 g/mol. The zero-order valence-electron chi connectivity index (χ0n) is 10.6. The lowest BCUT2D eigenvalue weighted by Gasteiger charge is -2.05. The van der Waals surface area contributed by atoms with Crippen molar-refractivity contribution in [2.24, 2.45) is 0 Å². The fraction of sp³-hybridized carbons (Fsp3) is 0.250. The van der Waals surface area contributed by atoms with Gasteiger partial charge in [-0.2, -0.15) is 23.4 Å². The number of rotatable bonds is 5. The van der Waals surface area contributed by atoms with Crippen LogP contribution >= 0.6 is 0 Å². The predicted octanol–water partition coefficient (Wildman–Crippen LogP) is 2.23. The summed E-state index contributed by atoms with van der Waals surface area (Å²) in [7, 11) is 0. The van der Waals surface area contributed by atoms with Crippen LogP contribution in [0.25, 0.3) is 0 Å². The van der Waals surface area contributed by atoms with Crippen LogP contribution < -0.4 is 10.1 Å². The standard InChI is InChI=1S/C12H10F3N5O/c13-12(14,15)7-17-11-18-10(19-20-11)6-21-9-3-1-8(5-16)2-4-9/h1-4H,6-7H2,(H2,17,18,19,20). The van der Waals surface area contributed by atoms with Gasteiger partial charge in [-0.15, -0.1) is 5.10 Å². The van der Waals surface area contributed by atoms with Gasteiger partial charge in [0.05, 0.1) is 11.6 Å². The number of aromatic nitrogens is 3. The van der Waals surface area contributed by atoms with Gasteiger partial charge in [-0.25, -0.2) is 0 Å². The minimum atomic E-state index is -4.33. The van der Waals surface area contributed by atoms with E-state index in [0.29, 0.717) is 11.3 Å². The molecule has 0 amide bonds. The van der Waals surface area contributed by atoms with Gasteiger partial charge in [0.1, 0.15) is 18.9 Å². The van der Waals surface area contributed by atoms with Gasteiger partial charge in [-0.3, -0.25) is 5.10 Å². The fourth-order valence-electron chi connectivity index (χ4n) is 1.40. The number of H-pyrrole nitrogens is 1. The summed E-state index contributed by atoms with van der Waals surface area (Å²) < 4.78 is 41.4. The van der Waals surface area contributed by atoms with Gasteiger partial charge in [0, 0.05) is 0 Å². The van der Waals surface area contributed by atoms with E-state index in [9.17, 15) is 13.2 Å². The summed E-state index contributed by atoms with van der Waals surface area (Å²) in [5, 5.41) is 16.7. The molecule has 0 fully saturated rings. The van der Waals surface area contributed by atoms with Gasteiger partial charge < -0.3 is 10.1 Å². The van der Waals surface area contributed by atoms with Crippen molar-refractivity contribution in [3.05, 3.63) is 35.7 Å². The molecule has 2 aromatic rings. The molecule has 0 radical (unpaired) electrons. The molecule has 9 heteroatoms. The van der Waals surface area contributed by atoms with Crippen LogP contribution in [0.3, 0.4) is 0 Å². The zero-order chi connectivity index (χ0) is 15.3. The van der Waals surface area contributed by atoms with Gasteiger partial charge in [0.15, 0.2) is 5.82 Å². The Kier molecular flexibility index (Phi) is 4.27. The first-order valence-electron chi connectivity index (χ1n) is 5.81. The Balaban J connectivity index is 1.86. The summed E-state index contributed by atoms with van der Waals surface area (Å²) in [6, 6.07) is 8.37. The Bertz CT molecular complexity index is 630. The molecule has 1 aromatic heterocycles. The van der Waals surface area contributed by atoms with Gasteiger partial charge in [0.2, 0.25) is 5.95 Å². The molecule has 0 unspecified atom stereocenters. The summed E-state index contributed by atoms with van der Waals surface area (Å²) in [4.78, 5) is 3.81. The highest BCUT2D eigenvalue weighted by Crippen LogP contribution is 2.15. The molecular formula is C12H10F3N5O. The lowest BCUT2D eigenvalue weighted by Crippen LogP contribution is -2.21. The summed E-state index contributed by atoms with van der Waals surface area (Å²) >= 11 is 0. The second-order valence-corrected chi connectivity index (χ2v) is 4.00. The highest BCUT2D eigenvalue weighted by molar-refractivity contribution is 5.34. The van der Waals surface area contributed by atoms with Gasteiger partial charge in [0.25, 0.3) is 0 Å². The van der Waals surface area contributed by atoms with E-state index in [4.69, 9.17) is 10.00 Å². The van der Waals surface area contributed by atoms with Gasteiger partial charge in [-0.05, 0) is 24.3 Å². The van der Waals surface area contributed by atoms with E-state index in [-0.39, 0.29) is 18.4 Å². The molecule has 21 heavy (non-hydrogen) atoms. The molecule has 2 N–H and O–H groups in total. The molecule has 2 rings (SSSR count). The summed E-state index contributed by atoms with van der Waals surface area (Å²) in [6.07, 6.45) is -4.33. The largest absolute Gasteiger partial charge is 0.486 e. The highest BCUT2D eigenvalue weighted by atomic mass is 19.4. The van der Waals surface area contributed by atoms with E-state index in [0.717, 1.165) is 0 Å². The molecule has 0 bridgehead atoms. The Hall–Kier alpha value is -2.76. The molecule has 0 saturated heterocycles. The number of ether oxygens (including phenoxy) is 1. The number of halogens is 3. The predicted molar refractivity (Wildman–Crippen MR) is 66.4 cm³/mol. The van der Waals surface area contributed by atoms with Crippen molar-refractivity contribution in [3.63, 3.8) is 0 Å². The van der Waals surface area contributed by atoms with Crippen LogP contribution in [0.5, 0.6) is 5.75 Å².